The van der Waals surface area contributed by atoms with Gasteiger partial charge >= 0.3 is 0 Å². The summed E-state index contributed by atoms with van der Waals surface area (Å²) in [4.78, 5) is 0. The molecule has 2 saturated carbocycles. The molecule has 2 rings (SSSR count). The third-order valence-corrected chi connectivity index (χ3v) is 4.46. The minimum atomic E-state index is 0.754. The van der Waals surface area contributed by atoms with E-state index in [9.17, 15) is 0 Å². The molecule has 0 heterocycles. The van der Waals surface area contributed by atoms with Crippen LogP contribution in [0.5, 0.6) is 0 Å². The Labute approximate surface area is 88.5 Å². The van der Waals surface area contributed by atoms with Crippen LogP contribution < -0.4 is 0 Å². The van der Waals surface area contributed by atoms with Gasteiger partial charge in [-0.15, -0.1) is 0 Å². The lowest BCUT2D eigenvalue weighted by molar-refractivity contribution is 0.199. The van der Waals surface area contributed by atoms with Crippen molar-refractivity contribution in [3.63, 3.8) is 0 Å². The van der Waals surface area contributed by atoms with Crippen molar-refractivity contribution in [3.05, 3.63) is 0 Å². The third kappa shape index (κ3) is 1.95. The van der Waals surface area contributed by atoms with Gasteiger partial charge in [-0.3, -0.25) is 0 Å². The van der Waals surface area contributed by atoms with E-state index in [-0.39, 0.29) is 0 Å². The standard InChI is InChI=1S/C11H20.C2H3N/c1-9(2)11-6-4-10(3,8-11)5-7-11;1-2-3/h9H,4-8H2,1-3H3;1H3. The molecule has 1 heteroatoms. The summed E-state index contributed by atoms with van der Waals surface area (Å²) in [6.07, 6.45) is 7.57. The van der Waals surface area contributed by atoms with E-state index in [1.807, 2.05) is 0 Å². The molecule has 80 valence electrons. The molecule has 2 fully saturated rings. The van der Waals surface area contributed by atoms with Crippen LogP contribution in [0, 0.1) is 28.1 Å². The second-order valence-electron chi connectivity index (χ2n) is 5.73. The van der Waals surface area contributed by atoms with Crippen LogP contribution >= 0.6 is 0 Å². The van der Waals surface area contributed by atoms with Crippen LogP contribution in [0.3, 0.4) is 0 Å². The average molecular weight is 193 g/mol. The van der Waals surface area contributed by atoms with Crippen molar-refractivity contribution in [2.24, 2.45) is 16.7 Å². The summed E-state index contributed by atoms with van der Waals surface area (Å²) < 4.78 is 0. The summed E-state index contributed by atoms with van der Waals surface area (Å²) in [5.74, 6) is 0.923. The van der Waals surface area contributed by atoms with Crippen LogP contribution in [-0.4, -0.2) is 0 Å². The summed E-state index contributed by atoms with van der Waals surface area (Å²) in [5, 5.41) is 7.32. The number of rotatable bonds is 1. The molecule has 0 aromatic rings. The average Bonchev–Trinajstić information content (AvgIpc) is 2.60. The van der Waals surface area contributed by atoms with Gasteiger partial charge in [-0.1, -0.05) is 20.8 Å². The summed E-state index contributed by atoms with van der Waals surface area (Å²) in [5.41, 5.74) is 1.53. The zero-order valence-corrected chi connectivity index (χ0v) is 10.1. The molecular weight excluding hydrogens is 170 g/mol. The lowest BCUT2D eigenvalue weighted by Gasteiger charge is -2.30. The Morgan fingerprint density at radius 2 is 1.57 bits per heavy atom. The van der Waals surface area contributed by atoms with E-state index in [1.165, 1.54) is 39.0 Å². The predicted molar refractivity (Wildman–Crippen MR) is 59.8 cm³/mol. The molecule has 0 aromatic heterocycles. The zero-order valence-electron chi connectivity index (χ0n) is 10.1. The molecule has 0 N–H and O–H groups in total. The van der Waals surface area contributed by atoms with Crippen molar-refractivity contribution in [3.8, 4) is 6.07 Å². The van der Waals surface area contributed by atoms with Gasteiger partial charge in [0, 0.05) is 6.92 Å². The van der Waals surface area contributed by atoms with Gasteiger partial charge in [0.15, 0.2) is 0 Å². The summed E-state index contributed by atoms with van der Waals surface area (Å²) in [6, 6.07) is 1.75. The molecule has 0 saturated heterocycles. The Balaban J connectivity index is 0.000000293. The van der Waals surface area contributed by atoms with Gasteiger partial charge in [-0.2, -0.15) is 5.26 Å². The van der Waals surface area contributed by atoms with Gasteiger partial charge < -0.3 is 0 Å². The fourth-order valence-electron chi connectivity index (χ4n) is 3.34. The fourth-order valence-corrected chi connectivity index (χ4v) is 3.34. The second-order valence-corrected chi connectivity index (χ2v) is 5.73. The number of nitrogens with zero attached hydrogens (tertiary/aromatic N) is 1. The van der Waals surface area contributed by atoms with Crippen LogP contribution in [0.15, 0.2) is 0 Å². The smallest absolute Gasteiger partial charge is 0.0587 e. The monoisotopic (exact) mass is 193 g/mol. The minimum absolute atomic E-state index is 0.754. The molecule has 0 unspecified atom stereocenters. The third-order valence-electron chi connectivity index (χ3n) is 4.46. The lowest BCUT2D eigenvalue weighted by atomic mass is 9.75. The van der Waals surface area contributed by atoms with Gasteiger partial charge in [0.05, 0.1) is 6.07 Å². The van der Waals surface area contributed by atoms with E-state index in [0.29, 0.717) is 0 Å². The highest BCUT2D eigenvalue weighted by molar-refractivity contribution is 5.03. The number of hydrogen-bond acceptors (Lipinski definition) is 1. The highest BCUT2D eigenvalue weighted by Gasteiger charge is 2.52. The molecule has 14 heavy (non-hydrogen) atoms. The number of fused-ring (bicyclic) bond motifs is 2. The fraction of sp³-hybridized carbons (Fsp3) is 0.923. The largest absolute Gasteiger partial charge is 0.199 e. The second kappa shape index (κ2) is 3.93. The Hall–Kier alpha value is -0.510. The molecular formula is C13H23N. The number of hydrogen-bond donors (Lipinski definition) is 0. The summed E-state index contributed by atoms with van der Waals surface area (Å²) >= 11 is 0. The van der Waals surface area contributed by atoms with Crippen molar-refractivity contribution in [2.45, 2.75) is 59.8 Å². The Morgan fingerprint density at radius 3 is 1.71 bits per heavy atom. The summed E-state index contributed by atoms with van der Waals surface area (Å²) in [6.45, 7) is 8.75. The van der Waals surface area contributed by atoms with Crippen LogP contribution in [0.25, 0.3) is 0 Å². The maximum absolute atomic E-state index is 7.32. The highest BCUT2D eigenvalue weighted by atomic mass is 14.6. The molecule has 0 amide bonds. The molecule has 0 radical (unpaired) electrons. The maximum Gasteiger partial charge on any atom is 0.0587 e. The van der Waals surface area contributed by atoms with Gasteiger partial charge in [-0.25, -0.2) is 0 Å². The van der Waals surface area contributed by atoms with E-state index in [0.717, 1.165) is 16.7 Å². The first-order valence-electron chi connectivity index (χ1n) is 5.79. The van der Waals surface area contributed by atoms with Crippen molar-refractivity contribution in [2.75, 3.05) is 0 Å². The zero-order chi connectivity index (χ0) is 10.8. The van der Waals surface area contributed by atoms with Crippen molar-refractivity contribution in [1.29, 1.82) is 5.26 Å². The first-order valence-corrected chi connectivity index (χ1v) is 5.79. The van der Waals surface area contributed by atoms with Crippen molar-refractivity contribution in [1.82, 2.24) is 0 Å². The SMILES string of the molecule is CC#N.CC(C)C12CCC(C)(CC1)C2. The lowest BCUT2D eigenvalue weighted by Crippen LogP contribution is -2.20. The quantitative estimate of drug-likeness (QED) is 0.614. The van der Waals surface area contributed by atoms with E-state index in [1.54, 1.807) is 6.07 Å². The predicted octanol–water partition coefficient (Wildman–Crippen LogP) is 4.14. The normalized spacial score (nSPS) is 39.1. The molecule has 1 nitrogen and oxygen atoms in total. The van der Waals surface area contributed by atoms with Crippen LogP contribution in [0.4, 0.5) is 0 Å². The first-order chi connectivity index (χ1) is 6.48. The van der Waals surface area contributed by atoms with Gasteiger partial charge in [-0.05, 0) is 48.9 Å². The van der Waals surface area contributed by atoms with Crippen LogP contribution in [-0.2, 0) is 0 Å². The van der Waals surface area contributed by atoms with Crippen LogP contribution in [0.1, 0.15) is 59.8 Å². The van der Waals surface area contributed by atoms with E-state index < -0.39 is 0 Å². The van der Waals surface area contributed by atoms with Crippen molar-refractivity contribution < 1.29 is 0 Å². The molecule has 0 aliphatic heterocycles. The van der Waals surface area contributed by atoms with Gasteiger partial charge in [0.2, 0.25) is 0 Å². The molecule has 0 spiro atoms. The van der Waals surface area contributed by atoms with E-state index in [4.69, 9.17) is 5.26 Å². The Bertz CT molecular complexity index is 226. The van der Waals surface area contributed by atoms with Gasteiger partial charge in [0.1, 0.15) is 0 Å². The Morgan fingerprint density at radius 1 is 1.14 bits per heavy atom. The summed E-state index contributed by atoms with van der Waals surface area (Å²) in [7, 11) is 0. The van der Waals surface area contributed by atoms with Crippen LogP contribution in [0.2, 0.25) is 0 Å². The minimum Gasteiger partial charge on any atom is -0.199 e. The molecule has 2 aliphatic carbocycles. The van der Waals surface area contributed by atoms with Gasteiger partial charge in [0.25, 0.3) is 0 Å². The maximum atomic E-state index is 7.32. The molecule has 2 aliphatic rings. The molecule has 0 aromatic carbocycles. The molecule has 0 atom stereocenters. The van der Waals surface area contributed by atoms with E-state index in [2.05, 4.69) is 20.8 Å². The van der Waals surface area contributed by atoms with Crippen molar-refractivity contribution >= 4 is 0 Å². The topological polar surface area (TPSA) is 23.8 Å². The Kier molecular flexibility index (Phi) is 3.24. The number of nitriles is 1. The highest BCUT2D eigenvalue weighted by Crippen LogP contribution is 2.64. The van der Waals surface area contributed by atoms with E-state index >= 15 is 0 Å². The first kappa shape index (κ1) is 11.6. The molecule has 2 bridgehead atoms.